The van der Waals surface area contributed by atoms with E-state index in [1.165, 1.54) is 42.5 Å². The predicted octanol–water partition coefficient (Wildman–Crippen LogP) is 5.89. The monoisotopic (exact) mass is 492 g/mol. The zero-order valence-electron chi connectivity index (χ0n) is 14.3. The van der Waals surface area contributed by atoms with E-state index >= 15 is 0 Å². The molecule has 0 aliphatic rings. The van der Waals surface area contributed by atoms with Crippen molar-refractivity contribution in [2.45, 2.75) is 4.75 Å². The molecule has 152 valence electrons. The SMILES string of the molecule is O=S(=O)(O)C(c1cc(Cl)cc(Cl)c1)(c1cc(Cl)cc(Cl)c1)c1c(O)cccc1O. The Hall–Kier alpha value is -1.67. The Morgan fingerprint density at radius 2 is 1.03 bits per heavy atom. The van der Waals surface area contributed by atoms with Crippen molar-refractivity contribution in [3.63, 3.8) is 0 Å². The summed E-state index contributed by atoms with van der Waals surface area (Å²) in [6, 6.07) is 11.3. The summed E-state index contributed by atoms with van der Waals surface area (Å²) in [5.41, 5.74) is -0.806. The lowest BCUT2D eigenvalue weighted by atomic mass is 9.83. The van der Waals surface area contributed by atoms with Gasteiger partial charge in [0.05, 0.1) is 5.56 Å². The minimum Gasteiger partial charge on any atom is -0.507 e. The van der Waals surface area contributed by atoms with E-state index in [1.54, 1.807) is 0 Å². The summed E-state index contributed by atoms with van der Waals surface area (Å²) in [5.74, 6) is -1.20. The van der Waals surface area contributed by atoms with Gasteiger partial charge in [-0.15, -0.1) is 0 Å². The third-order valence-corrected chi connectivity index (χ3v) is 6.62. The van der Waals surface area contributed by atoms with E-state index in [-0.39, 0.29) is 31.2 Å². The Balaban J connectivity index is 2.65. The molecule has 0 aliphatic carbocycles. The van der Waals surface area contributed by atoms with Gasteiger partial charge in [-0.05, 0) is 59.7 Å². The van der Waals surface area contributed by atoms with Crippen LogP contribution in [-0.4, -0.2) is 23.2 Å². The third-order valence-electron chi connectivity index (χ3n) is 4.30. The van der Waals surface area contributed by atoms with Crippen LogP contribution in [0.1, 0.15) is 16.7 Å². The zero-order valence-corrected chi connectivity index (χ0v) is 18.1. The van der Waals surface area contributed by atoms with Gasteiger partial charge in [0.1, 0.15) is 11.5 Å². The molecule has 3 aromatic carbocycles. The van der Waals surface area contributed by atoms with Crippen LogP contribution in [0.5, 0.6) is 11.5 Å². The average Bonchev–Trinajstić information content (AvgIpc) is 2.55. The molecule has 0 aliphatic heterocycles. The van der Waals surface area contributed by atoms with Gasteiger partial charge in [0.25, 0.3) is 10.1 Å². The number of phenolic OH excluding ortho intramolecular Hbond substituents is 2. The Labute approximate surface area is 186 Å². The molecule has 3 aromatic rings. The second kappa shape index (κ2) is 7.87. The topological polar surface area (TPSA) is 94.8 Å². The van der Waals surface area contributed by atoms with E-state index in [1.807, 2.05) is 0 Å². The predicted molar refractivity (Wildman–Crippen MR) is 114 cm³/mol. The van der Waals surface area contributed by atoms with Crippen LogP contribution in [0.4, 0.5) is 0 Å². The minimum atomic E-state index is -5.15. The first kappa shape index (κ1) is 22.0. The van der Waals surface area contributed by atoms with E-state index in [2.05, 4.69) is 0 Å². The van der Waals surface area contributed by atoms with Crippen LogP contribution in [0, 0.1) is 0 Å². The Bertz CT molecular complexity index is 1100. The summed E-state index contributed by atoms with van der Waals surface area (Å²) in [6.07, 6.45) is 0. The van der Waals surface area contributed by atoms with Gasteiger partial charge in [-0.25, -0.2) is 0 Å². The maximum Gasteiger partial charge on any atom is 0.283 e. The summed E-state index contributed by atoms with van der Waals surface area (Å²) in [5, 5.41) is 21.3. The summed E-state index contributed by atoms with van der Waals surface area (Å²) in [4.78, 5) is 0. The van der Waals surface area contributed by atoms with E-state index in [0.717, 1.165) is 12.1 Å². The van der Waals surface area contributed by atoms with Gasteiger partial charge in [0.15, 0.2) is 4.75 Å². The molecule has 0 radical (unpaired) electrons. The molecule has 0 fully saturated rings. The van der Waals surface area contributed by atoms with Crippen molar-refractivity contribution in [2.24, 2.45) is 0 Å². The molecule has 10 heteroatoms. The van der Waals surface area contributed by atoms with Gasteiger partial charge in [0, 0.05) is 20.1 Å². The molecule has 3 rings (SSSR count). The molecule has 0 unspecified atom stereocenters. The lowest BCUT2D eigenvalue weighted by molar-refractivity contribution is 0.416. The maximum absolute atomic E-state index is 13.0. The molecule has 0 bridgehead atoms. The first-order valence-corrected chi connectivity index (χ1v) is 10.8. The number of hydrogen-bond donors (Lipinski definition) is 3. The smallest absolute Gasteiger partial charge is 0.283 e. The van der Waals surface area contributed by atoms with Crippen molar-refractivity contribution < 1.29 is 23.2 Å². The highest BCUT2D eigenvalue weighted by atomic mass is 35.5. The number of benzene rings is 3. The third kappa shape index (κ3) is 3.89. The quantitative estimate of drug-likeness (QED) is 0.311. The van der Waals surface area contributed by atoms with Gasteiger partial charge in [-0.1, -0.05) is 52.5 Å². The Kier molecular flexibility index (Phi) is 5.98. The maximum atomic E-state index is 13.0. The molecule has 0 atom stereocenters. The fourth-order valence-electron chi connectivity index (χ4n) is 3.29. The van der Waals surface area contributed by atoms with E-state index in [4.69, 9.17) is 46.4 Å². The van der Waals surface area contributed by atoms with Crippen molar-refractivity contribution in [3.05, 3.63) is 91.4 Å². The number of rotatable bonds is 4. The van der Waals surface area contributed by atoms with Crippen LogP contribution in [0.15, 0.2) is 54.6 Å². The lowest BCUT2D eigenvalue weighted by Gasteiger charge is -2.33. The lowest BCUT2D eigenvalue weighted by Crippen LogP contribution is -2.38. The second-order valence-corrected chi connectivity index (χ2v) is 9.45. The summed E-state index contributed by atoms with van der Waals surface area (Å²) >= 11 is 24.3. The van der Waals surface area contributed by atoms with Crippen molar-refractivity contribution in [3.8, 4) is 11.5 Å². The summed E-state index contributed by atoms with van der Waals surface area (Å²) in [6.45, 7) is 0. The van der Waals surface area contributed by atoms with Gasteiger partial charge >= 0.3 is 0 Å². The van der Waals surface area contributed by atoms with E-state index < -0.39 is 31.9 Å². The summed E-state index contributed by atoms with van der Waals surface area (Å²) < 4.78 is 33.9. The summed E-state index contributed by atoms with van der Waals surface area (Å²) in [7, 11) is -5.15. The Morgan fingerprint density at radius 3 is 1.34 bits per heavy atom. The first-order valence-electron chi connectivity index (χ1n) is 7.88. The van der Waals surface area contributed by atoms with Crippen LogP contribution in [-0.2, 0) is 14.9 Å². The molecule has 0 saturated heterocycles. The molecule has 3 N–H and O–H groups in total. The van der Waals surface area contributed by atoms with Gasteiger partial charge in [-0.3, -0.25) is 4.55 Å². The zero-order chi connectivity index (χ0) is 21.6. The van der Waals surface area contributed by atoms with Crippen molar-refractivity contribution in [1.82, 2.24) is 0 Å². The van der Waals surface area contributed by atoms with Crippen molar-refractivity contribution >= 4 is 56.5 Å². The largest absolute Gasteiger partial charge is 0.507 e. The first-order chi connectivity index (χ1) is 13.5. The number of hydrogen-bond acceptors (Lipinski definition) is 4. The molecule has 5 nitrogen and oxygen atoms in total. The van der Waals surface area contributed by atoms with Crippen LogP contribution < -0.4 is 0 Å². The highest BCUT2D eigenvalue weighted by Crippen LogP contribution is 2.51. The standard InChI is InChI=1S/C19H12Cl4O5S/c20-12-4-10(5-13(21)8-12)19(29(26,27)28,11-6-14(22)9-15(23)7-11)18-16(24)2-1-3-17(18)25/h1-9,24-25H,(H,26,27,28). The number of aromatic hydroxyl groups is 2. The molecule has 0 heterocycles. The fraction of sp³-hybridized carbons (Fsp3) is 0.0526. The molecule has 0 amide bonds. The second-order valence-electron chi connectivity index (χ2n) is 6.14. The van der Waals surface area contributed by atoms with Crippen LogP contribution in [0.3, 0.4) is 0 Å². The molecule has 0 spiro atoms. The molecule has 0 aromatic heterocycles. The molecular weight excluding hydrogens is 482 g/mol. The van der Waals surface area contributed by atoms with Gasteiger partial charge in [-0.2, -0.15) is 8.42 Å². The molecule has 29 heavy (non-hydrogen) atoms. The molecular formula is C19H12Cl4O5S. The average molecular weight is 494 g/mol. The molecule has 0 saturated carbocycles. The highest BCUT2D eigenvalue weighted by molar-refractivity contribution is 7.87. The van der Waals surface area contributed by atoms with Gasteiger partial charge in [0.2, 0.25) is 0 Å². The number of halogens is 4. The van der Waals surface area contributed by atoms with Crippen LogP contribution in [0.2, 0.25) is 20.1 Å². The van der Waals surface area contributed by atoms with E-state index in [0.29, 0.717) is 0 Å². The van der Waals surface area contributed by atoms with Gasteiger partial charge < -0.3 is 10.2 Å². The normalized spacial score (nSPS) is 12.2. The van der Waals surface area contributed by atoms with Crippen LogP contribution in [0.25, 0.3) is 0 Å². The van der Waals surface area contributed by atoms with Crippen molar-refractivity contribution in [2.75, 3.05) is 0 Å². The fourth-order valence-corrected chi connectivity index (χ4v) is 5.64. The highest BCUT2D eigenvalue weighted by Gasteiger charge is 2.52. The van der Waals surface area contributed by atoms with E-state index in [9.17, 15) is 23.2 Å². The number of phenols is 2. The van der Waals surface area contributed by atoms with Crippen LogP contribution >= 0.6 is 46.4 Å². The minimum absolute atomic E-state index is 0.0589. The van der Waals surface area contributed by atoms with Crippen molar-refractivity contribution in [1.29, 1.82) is 0 Å². The Morgan fingerprint density at radius 1 is 0.690 bits per heavy atom.